The van der Waals surface area contributed by atoms with Crippen molar-refractivity contribution in [2.75, 3.05) is 0 Å². The third kappa shape index (κ3) is 19.6. The zero-order chi connectivity index (χ0) is 0. The van der Waals surface area contributed by atoms with Crippen molar-refractivity contribution in [3.8, 4) is 0 Å². The predicted molar refractivity (Wildman–Crippen MR) is 0 cm³/mol. The Balaban J connectivity index is 0. The molecule has 0 heterocycles. The average Bonchev–Trinajstić information content (AvgIpc) is 0. The van der Waals surface area contributed by atoms with Crippen LogP contribution in [0.2, 0.25) is 0 Å². The van der Waals surface area contributed by atoms with Gasteiger partial charge in [0.05, 0.1) is 0 Å². The molecule has 0 aliphatic heterocycles. The molecule has 0 bridgehead atoms. The van der Waals surface area contributed by atoms with Crippen LogP contribution in [0.3, 0.4) is 0 Å². The first-order chi connectivity index (χ1) is 0. The quantitative estimate of drug-likeness (QED) is 0.431. The van der Waals surface area contributed by atoms with Gasteiger partial charge in [-0.2, -0.15) is 0 Å². The Bertz CT molecular complexity index is 11.6. The van der Waals surface area contributed by atoms with Crippen LogP contribution in [-0.4, -0.2) is 0 Å². The molecular weight excluding hydrogens is 478 g/mol. The maximum Gasteiger partial charge on any atom is 0 e. The SMILES string of the molecule is [Au].[Cr].[Cu].[Ni].[Pd]. The Kier molecular flexibility index (Phi) is 250. The van der Waals surface area contributed by atoms with Gasteiger partial charge in [-0.15, -0.1) is 0 Å². The maximum atomic E-state index is 0. The standard InChI is InChI=1S/Au.Cr.Cu.Ni.Pd. The van der Waals surface area contributed by atoms with Crippen LogP contribution >= 0.6 is 0 Å². The molecule has 0 aromatic heterocycles. The third-order valence-corrected chi connectivity index (χ3v) is 0. The molecule has 5 heteroatoms. The van der Waals surface area contributed by atoms with Gasteiger partial charge in [-0.25, -0.2) is 0 Å². The van der Waals surface area contributed by atoms with Crippen molar-refractivity contribution >= 4 is 0 Å². The van der Waals surface area contributed by atoms with Crippen LogP contribution in [0.4, 0.5) is 0 Å². The molecule has 0 aromatic rings. The van der Waals surface area contributed by atoms with Crippen LogP contribution in [0.25, 0.3) is 0 Å². The molecule has 0 N–H and O–H groups in total. The molecule has 2 radical (unpaired) electrons. The summed E-state index contributed by atoms with van der Waals surface area (Å²) in [6.45, 7) is 0. The second kappa shape index (κ2) is 28.3. The summed E-state index contributed by atoms with van der Waals surface area (Å²) in [6.07, 6.45) is 0. The summed E-state index contributed by atoms with van der Waals surface area (Å²) in [5.41, 5.74) is 0. The van der Waals surface area contributed by atoms with Crippen molar-refractivity contribution in [3.05, 3.63) is 0 Å². The molecule has 5 heavy (non-hydrogen) atoms. The van der Waals surface area contributed by atoms with E-state index < -0.39 is 0 Å². The maximum absolute atomic E-state index is 0. The van der Waals surface area contributed by atoms with E-state index in [1.54, 1.807) is 0 Å². The monoisotopic (exact) mass is 476 g/mol. The molecule has 0 aliphatic carbocycles. The molecule has 0 spiro atoms. The molecule has 0 rings (SSSR count). The Morgan fingerprint density at radius 1 is 1.00 bits per heavy atom. The van der Waals surface area contributed by atoms with E-state index in [9.17, 15) is 0 Å². The molecule has 0 aliphatic rings. The first-order valence-corrected chi connectivity index (χ1v) is 0. The Morgan fingerprint density at radius 2 is 1.00 bits per heavy atom. The van der Waals surface area contributed by atoms with Crippen LogP contribution in [0, 0.1) is 0 Å². The summed E-state index contributed by atoms with van der Waals surface area (Å²) < 4.78 is 0. The van der Waals surface area contributed by atoms with Crippen molar-refractivity contribution in [3.63, 3.8) is 0 Å². The van der Waals surface area contributed by atoms with E-state index in [4.69, 9.17) is 0 Å². The summed E-state index contributed by atoms with van der Waals surface area (Å²) in [4.78, 5) is 0. The minimum absolute atomic E-state index is 0. The van der Waals surface area contributed by atoms with Crippen molar-refractivity contribution < 1.29 is 93.7 Å². The smallest absolute Gasteiger partial charge is 0 e. The third-order valence-electron chi connectivity index (χ3n) is 0. The largest absolute Gasteiger partial charge is 0 e. The summed E-state index contributed by atoms with van der Waals surface area (Å²) in [7, 11) is 0. The van der Waals surface area contributed by atoms with Crippen LogP contribution < -0.4 is 0 Å². The predicted octanol–water partition coefficient (Wildman–Crippen LogP) is -0.0125. The Labute approximate surface area is 92.3 Å². The molecule has 0 nitrogen and oxygen atoms in total. The summed E-state index contributed by atoms with van der Waals surface area (Å²) in [5, 5.41) is 0. The van der Waals surface area contributed by atoms with E-state index in [0.717, 1.165) is 0 Å². The molecule has 0 saturated heterocycles. The number of hydrogen-bond donors (Lipinski definition) is 0. The van der Waals surface area contributed by atoms with Gasteiger partial charge in [0.1, 0.15) is 0 Å². The average molecular weight is 478 g/mol. The van der Waals surface area contributed by atoms with Crippen LogP contribution in [0.1, 0.15) is 0 Å². The van der Waals surface area contributed by atoms with Crippen LogP contribution in [0.15, 0.2) is 0 Å². The fourth-order valence-electron chi connectivity index (χ4n) is 0. The minimum Gasteiger partial charge on any atom is 0 e. The molecule has 0 fully saturated rings. The molecule has 0 amide bonds. The van der Waals surface area contributed by atoms with Crippen LogP contribution in [0.5, 0.6) is 0 Å². The Hall–Kier alpha value is 2.95. The van der Waals surface area contributed by atoms with E-state index in [2.05, 4.69) is 0 Å². The van der Waals surface area contributed by atoms with Gasteiger partial charge in [-0.1, -0.05) is 0 Å². The summed E-state index contributed by atoms with van der Waals surface area (Å²) in [5.74, 6) is 0. The number of hydrogen-bond acceptors (Lipinski definition) is 0. The first kappa shape index (κ1) is 44.1. The second-order valence-corrected chi connectivity index (χ2v) is 0. The molecule has 48 valence electrons. The van der Waals surface area contributed by atoms with Gasteiger partial charge in [0.25, 0.3) is 0 Å². The molecule has 0 unspecified atom stereocenters. The molecule has 0 saturated carbocycles. The normalized spacial score (nSPS) is 0. The fraction of sp³-hybridized carbons (Fsp3) is 0. The van der Waals surface area contributed by atoms with Crippen molar-refractivity contribution in [2.24, 2.45) is 0 Å². The van der Waals surface area contributed by atoms with Gasteiger partial charge >= 0.3 is 0 Å². The van der Waals surface area contributed by atoms with E-state index in [-0.39, 0.29) is 93.7 Å². The molecular formula is AuCrCuNiPd. The fourth-order valence-corrected chi connectivity index (χ4v) is 0. The van der Waals surface area contributed by atoms with Crippen molar-refractivity contribution in [2.45, 2.75) is 0 Å². The number of rotatable bonds is 0. The van der Waals surface area contributed by atoms with Gasteiger partial charge < -0.3 is 0 Å². The topological polar surface area (TPSA) is 0 Å². The zero-order valence-electron chi connectivity index (χ0n) is 1.64. The van der Waals surface area contributed by atoms with Gasteiger partial charge in [0.15, 0.2) is 0 Å². The van der Waals surface area contributed by atoms with Crippen molar-refractivity contribution in [1.29, 1.82) is 0 Å². The van der Waals surface area contributed by atoms with Crippen molar-refractivity contribution in [1.82, 2.24) is 0 Å². The van der Waals surface area contributed by atoms with Crippen LogP contribution in [-0.2, 0) is 93.7 Å². The first-order valence-electron chi connectivity index (χ1n) is 0. The molecule has 0 aromatic carbocycles. The summed E-state index contributed by atoms with van der Waals surface area (Å²) >= 11 is 0. The van der Waals surface area contributed by atoms with Gasteiger partial charge in [-0.3, -0.25) is 0 Å². The zero-order valence-corrected chi connectivity index (χ0v) is 8.57. The Morgan fingerprint density at radius 3 is 1.00 bits per heavy atom. The van der Waals surface area contributed by atoms with Gasteiger partial charge in [0, 0.05) is 93.7 Å². The second-order valence-electron chi connectivity index (χ2n) is 0. The van der Waals surface area contributed by atoms with Gasteiger partial charge in [0.2, 0.25) is 0 Å². The van der Waals surface area contributed by atoms with E-state index in [1.165, 1.54) is 0 Å². The van der Waals surface area contributed by atoms with E-state index in [0.29, 0.717) is 0 Å². The minimum atomic E-state index is 0. The van der Waals surface area contributed by atoms with Gasteiger partial charge in [-0.05, 0) is 0 Å². The van der Waals surface area contributed by atoms with E-state index in [1.807, 2.05) is 0 Å². The molecule has 0 atom stereocenters. The van der Waals surface area contributed by atoms with E-state index >= 15 is 0 Å². The summed E-state index contributed by atoms with van der Waals surface area (Å²) in [6, 6.07) is 0.